The zero-order chi connectivity index (χ0) is 9.68. The Kier molecular flexibility index (Phi) is 3.15. The van der Waals surface area contributed by atoms with E-state index in [-0.39, 0.29) is 5.78 Å². The Morgan fingerprint density at radius 1 is 1.77 bits per heavy atom. The van der Waals surface area contributed by atoms with Gasteiger partial charge in [0.15, 0.2) is 5.78 Å². The molecular formula is C10H10N2O. The van der Waals surface area contributed by atoms with Gasteiger partial charge in [-0.2, -0.15) is 5.26 Å². The van der Waals surface area contributed by atoms with E-state index >= 15 is 0 Å². The molecule has 0 fully saturated rings. The van der Waals surface area contributed by atoms with E-state index in [4.69, 9.17) is 5.26 Å². The number of hydrogen-bond donors (Lipinski definition) is 0. The summed E-state index contributed by atoms with van der Waals surface area (Å²) in [5.74, 6) is -0.714. The average Bonchev–Trinajstić information content (AvgIpc) is 2.20. The molecule has 1 unspecified atom stereocenters. The Morgan fingerprint density at radius 3 is 3.00 bits per heavy atom. The van der Waals surface area contributed by atoms with Gasteiger partial charge in [0.2, 0.25) is 0 Å². The summed E-state index contributed by atoms with van der Waals surface area (Å²) in [6.45, 7) is 1.75. The first-order valence-electron chi connectivity index (χ1n) is 4.11. The quantitative estimate of drug-likeness (QED) is 0.700. The van der Waals surface area contributed by atoms with Crippen LogP contribution in [0.25, 0.3) is 0 Å². The highest BCUT2D eigenvalue weighted by atomic mass is 16.1. The van der Waals surface area contributed by atoms with Gasteiger partial charge >= 0.3 is 0 Å². The lowest BCUT2D eigenvalue weighted by Gasteiger charge is -2.04. The predicted octanol–water partition coefficient (Wildman–Crippen LogP) is 1.67. The first-order valence-corrected chi connectivity index (χ1v) is 4.11. The summed E-state index contributed by atoms with van der Waals surface area (Å²) < 4.78 is 0. The van der Waals surface area contributed by atoms with E-state index in [0.29, 0.717) is 12.0 Å². The molecule has 0 amide bonds. The molecule has 0 aliphatic carbocycles. The Bertz CT molecular complexity index is 327. The summed E-state index contributed by atoms with van der Waals surface area (Å²) in [6, 6.07) is 5.45. The molecule has 0 saturated heterocycles. The van der Waals surface area contributed by atoms with Crippen LogP contribution in [0.2, 0.25) is 0 Å². The van der Waals surface area contributed by atoms with Gasteiger partial charge in [-0.1, -0.05) is 13.0 Å². The average molecular weight is 174 g/mol. The first kappa shape index (κ1) is 9.40. The zero-order valence-electron chi connectivity index (χ0n) is 7.40. The number of nitrogens with zero attached hydrogens (tertiary/aromatic N) is 2. The van der Waals surface area contributed by atoms with Crippen LogP contribution in [0.3, 0.4) is 0 Å². The third-order valence-corrected chi connectivity index (χ3v) is 1.82. The number of carbonyl (C=O) groups excluding carboxylic acids is 1. The van der Waals surface area contributed by atoms with E-state index < -0.39 is 5.92 Å². The van der Waals surface area contributed by atoms with E-state index in [9.17, 15) is 4.79 Å². The summed E-state index contributed by atoms with van der Waals surface area (Å²) >= 11 is 0. The summed E-state index contributed by atoms with van der Waals surface area (Å²) in [6.07, 6.45) is 3.56. The van der Waals surface area contributed by atoms with Crippen LogP contribution in [0, 0.1) is 11.3 Å². The van der Waals surface area contributed by atoms with Crippen LogP contribution in [-0.2, 0) is 4.79 Å². The van der Waals surface area contributed by atoms with Gasteiger partial charge in [-0.3, -0.25) is 9.78 Å². The molecule has 3 nitrogen and oxygen atoms in total. The van der Waals surface area contributed by atoms with E-state index in [0.717, 1.165) is 0 Å². The molecule has 1 heterocycles. The second kappa shape index (κ2) is 4.36. The summed E-state index contributed by atoms with van der Waals surface area (Å²) in [5.41, 5.74) is 0.678. The Balaban J connectivity index is 2.93. The van der Waals surface area contributed by atoms with Crippen molar-refractivity contribution in [2.45, 2.75) is 19.3 Å². The number of Topliss-reactive ketones (excluding diaryl/α,β-unsaturated/α-hetero) is 1. The van der Waals surface area contributed by atoms with Crippen LogP contribution in [0.4, 0.5) is 0 Å². The van der Waals surface area contributed by atoms with Crippen molar-refractivity contribution in [2.75, 3.05) is 0 Å². The zero-order valence-corrected chi connectivity index (χ0v) is 7.40. The molecule has 0 saturated carbocycles. The van der Waals surface area contributed by atoms with Crippen molar-refractivity contribution in [2.24, 2.45) is 0 Å². The van der Waals surface area contributed by atoms with Crippen LogP contribution >= 0.6 is 0 Å². The largest absolute Gasteiger partial charge is 0.298 e. The third-order valence-electron chi connectivity index (χ3n) is 1.82. The molecule has 66 valence electrons. The maximum Gasteiger partial charge on any atom is 0.154 e. The molecule has 1 aromatic rings. The first-order chi connectivity index (χ1) is 6.29. The minimum Gasteiger partial charge on any atom is -0.298 e. The number of ketones is 1. The van der Waals surface area contributed by atoms with Gasteiger partial charge in [0.1, 0.15) is 5.92 Å². The minimum absolute atomic E-state index is 0.0597. The van der Waals surface area contributed by atoms with Crippen LogP contribution in [-0.4, -0.2) is 10.8 Å². The lowest BCUT2D eigenvalue weighted by molar-refractivity contribution is -0.119. The number of aromatic nitrogens is 1. The van der Waals surface area contributed by atoms with Crippen LogP contribution < -0.4 is 0 Å². The summed E-state index contributed by atoms with van der Waals surface area (Å²) in [4.78, 5) is 15.2. The molecule has 1 rings (SSSR count). The molecular weight excluding hydrogens is 164 g/mol. The fraction of sp³-hybridized carbons (Fsp3) is 0.300. The lowest BCUT2D eigenvalue weighted by atomic mass is 9.96. The minimum atomic E-state index is -0.654. The monoisotopic (exact) mass is 174 g/mol. The molecule has 0 N–H and O–H groups in total. The number of nitriles is 1. The van der Waals surface area contributed by atoms with Crippen LogP contribution in [0.15, 0.2) is 24.5 Å². The van der Waals surface area contributed by atoms with Gasteiger partial charge in [-0.15, -0.1) is 0 Å². The van der Waals surface area contributed by atoms with Gasteiger partial charge in [0.05, 0.1) is 6.07 Å². The Morgan fingerprint density at radius 2 is 2.54 bits per heavy atom. The highest BCUT2D eigenvalue weighted by Crippen LogP contribution is 2.15. The SMILES string of the molecule is CCC(=O)C(C#N)c1cccnc1. The summed E-state index contributed by atoms with van der Waals surface area (Å²) in [5, 5.41) is 8.78. The highest BCUT2D eigenvalue weighted by Gasteiger charge is 2.17. The van der Waals surface area contributed by atoms with Crippen molar-refractivity contribution >= 4 is 5.78 Å². The second-order valence-electron chi connectivity index (χ2n) is 2.67. The number of hydrogen-bond acceptors (Lipinski definition) is 3. The molecule has 0 radical (unpaired) electrons. The molecule has 0 aromatic carbocycles. The molecule has 0 aliphatic rings. The molecule has 1 aromatic heterocycles. The van der Waals surface area contributed by atoms with Crippen LogP contribution in [0.5, 0.6) is 0 Å². The van der Waals surface area contributed by atoms with Crippen molar-refractivity contribution in [1.29, 1.82) is 5.26 Å². The topological polar surface area (TPSA) is 53.8 Å². The number of pyridine rings is 1. The van der Waals surface area contributed by atoms with E-state index in [2.05, 4.69) is 4.98 Å². The Hall–Kier alpha value is -1.69. The fourth-order valence-corrected chi connectivity index (χ4v) is 1.08. The predicted molar refractivity (Wildman–Crippen MR) is 47.9 cm³/mol. The summed E-state index contributed by atoms with van der Waals surface area (Å²) in [7, 11) is 0. The molecule has 1 atom stereocenters. The van der Waals surface area contributed by atoms with Crippen molar-refractivity contribution in [3.8, 4) is 6.07 Å². The number of rotatable bonds is 3. The normalized spacial score (nSPS) is 11.7. The number of carbonyl (C=O) groups is 1. The smallest absolute Gasteiger partial charge is 0.154 e. The van der Waals surface area contributed by atoms with Crippen molar-refractivity contribution < 1.29 is 4.79 Å². The van der Waals surface area contributed by atoms with Gasteiger partial charge in [0.25, 0.3) is 0 Å². The van der Waals surface area contributed by atoms with Crippen molar-refractivity contribution in [3.05, 3.63) is 30.1 Å². The molecule has 0 spiro atoms. The standard InChI is InChI=1S/C10H10N2O/c1-2-10(13)9(6-11)8-4-3-5-12-7-8/h3-5,7,9H,2H2,1H3. The highest BCUT2D eigenvalue weighted by molar-refractivity contribution is 5.87. The molecule has 0 bridgehead atoms. The molecule has 13 heavy (non-hydrogen) atoms. The van der Waals surface area contributed by atoms with Gasteiger partial charge in [-0.25, -0.2) is 0 Å². The molecule has 0 aliphatic heterocycles. The fourth-order valence-electron chi connectivity index (χ4n) is 1.08. The van der Waals surface area contributed by atoms with Crippen molar-refractivity contribution in [3.63, 3.8) is 0 Å². The van der Waals surface area contributed by atoms with E-state index in [1.54, 1.807) is 31.5 Å². The van der Waals surface area contributed by atoms with Gasteiger partial charge in [0, 0.05) is 18.8 Å². The maximum atomic E-state index is 11.3. The maximum absolute atomic E-state index is 11.3. The third kappa shape index (κ3) is 2.12. The van der Waals surface area contributed by atoms with Crippen LogP contribution in [0.1, 0.15) is 24.8 Å². The Labute approximate surface area is 77.0 Å². The lowest BCUT2D eigenvalue weighted by Crippen LogP contribution is -2.09. The van der Waals surface area contributed by atoms with Gasteiger partial charge in [-0.05, 0) is 11.6 Å². The molecule has 3 heteroatoms. The van der Waals surface area contributed by atoms with E-state index in [1.165, 1.54) is 0 Å². The van der Waals surface area contributed by atoms with Crippen molar-refractivity contribution in [1.82, 2.24) is 4.98 Å². The second-order valence-corrected chi connectivity index (χ2v) is 2.67. The van der Waals surface area contributed by atoms with E-state index in [1.807, 2.05) is 6.07 Å². The van der Waals surface area contributed by atoms with Gasteiger partial charge < -0.3 is 0 Å².